The first-order valence-corrected chi connectivity index (χ1v) is 6.33. The third kappa shape index (κ3) is 3.82. The summed E-state index contributed by atoms with van der Waals surface area (Å²) in [5.74, 6) is -0.0373. The summed E-state index contributed by atoms with van der Waals surface area (Å²) >= 11 is 0. The van der Waals surface area contributed by atoms with Crippen molar-refractivity contribution in [1.82, 2.24) is 4.90 Å². The van der Waals surface area contributed by atoms with E-state index in [0.717, 1.165) is 24.9 Å². The van der Waals surface area contributed by atoms with Gasteiger partial charge in [-0.05, 0) is 18.4 Å². The molecule has 4 nitrogen and oxygen atoms in total. The van der Waals surface area contributed by atoms with Gasteiger partial charge in [0.25, 0.3) is 0 Å². The number of likely N-dealkylation sites (tertiary alicyclic amines) is 1. The molecule has 18 heavy (non-hydrogen) atoms. The molecule has 1 unspecified atom stereocenters. The Kier molecular flexibility index (Phi) is 4.73. The summed E-state index contributed by atoms with van der Waals surface area (Å²) in [4.78, 5) is 13.5. The van der Waals surface area contributed by atoms with Gasteiger partial charge in [0.05, 0.1) is 12.7 Å². The van der Waals surface area contributed by atoms with Crippen LogP contribution in [-0.4, -0.2) is 41.7 Å². The first-order valence-electron chi connectivity index (χ1n) is 6.33. The number of amides is 1. The number of hydrogen-bond acceptors (Lipinski definition) is 3. The molecule has 2 rings (SSSR count). The maximum absolute atomic E-state index is 11.8. The molecule has 1 amide bonds. The van der Waals surface area contributed by atoms with E-state index in [9.17, 15) is 9.90 Å². The second-order valence-corrected chi connectivity index (χ2v) is 4.61. The van der Waals surface area contributed by atoms with Crippen molar-refractivity contribution in [3.8, 4) is 0 Å². The molecule has 1 aliphatic heterocycles. The number of piperidine rings is 1. The van der Waals surface area contributed by atoms with E-state index in [1.807, 2.05) is 30.3 Å². The van der Waals surface area contributed by atoms with Gasteiger partial charge in [-0.2, -0.15) is 0 Å². The van der Waals surface area contributed by atoms with Gasteiger partial charge in [0, 0.05) is 13.1 Å². The van der Waals surface area contributed by atoms with Crippen molar-refractivity contribution >= 4 is 5.91 Å². The standard InChI is InChI=1S/C14H19NO3/c16-13-7-4-8-15(9-13)14(17)11-18-10-12-5-2-1-3-6-12/h1-3,5-6,13,16H,4,7-11H2. The van der Waals surface area contributed by atoms with Crippen LogP contribution in [0.5, 0.6) is 0 Å². The molecule has 1 fully saturated rings. The van der Waals surface area contributed by atoms with Crippen LogP contribution in [0.3, 0.4) is 0 Å². The van der Waals surface area contributed by atoms with E-state index in [2.05, 4.69) is 0 Å². The Morgan fingerprint density at radius 1 is 1.39 bits per heavy atom. The Morgan fingerprint density at radius 3 is 2.89 bits per heavy atom. The van der Waals surface area contributed by atoms with E-state index < -0.39 is 0 Å². The van der Waals surface area contributed by atoms with Crippen LogP contribution in [0.25, 0.3) is 0 Å². The van der Waals surface area contributed by atoms with Crippen LogP contribution in [-0.2, 0) is 16.1 Å². The molecule has 0 aromatic heterocycles. The predicted octanol–water partition coefficient (Wildman–Crippen LogP) is 1.19. The Bertz CT molecular complexity index is 380. The Labute approximate surface area is 107 Å². The van der Waals surface area contributed by atoms with Gasteiger partial charge in [-0.25, -0.2) is 0 Å². The van der Waals surface area contributed by atoms with Gasteiger partial charge >= 0.3 is 0 Å². The van der Waals surface area contributed by atoms with E-state index in [1.54, 1.807) is 4.90 Å². The molecule has 1 N–H and O–H groups in total. The lowest BCUT2D eigenvalue weighted by Gasteiger charge is -2.30. The fourth-order valence-electron chi connectivity index (χ4n) is 2.10. The molecule has 1 aliphatic rings. The van der Waals surface area contributed by atoms with Gasteiger partial charge in [0.15, 0.2) is 0 Å². The molecule has 98 valence electrons. The van der Waals surface area contributed by atoms with Crippen LogP contribution in [0.4, 0.5) is 0 Å². The van der Waals surface area contributed by atoms with Crippen LogP contribution >= 0.6 is 0 Å². The summed E-state index contributed by atoms with van der Waals surface area (Å²) in [6.45, 7) is 1.70. The molecule has 1 saturated heterocycles. The van der Waals surface area contributed by atoms with Gasteiger partial charge in [0.1, 0.15) is 6.61 Å². The van der Waals surface area contributed by atoms with Crippen LogP contribution in [0, 0.1) is 0 Å². The van der Waals surface area contributed by atoms with E-state index in [-0.39, 0.29) is 18.6 Å². The first-order chi connectivity index (χ1) is 8.75. The third-order valence-electron chi connectivity index (χ3n) is 3.09. The van der Waals surface area contributed by atoms with E-state index in [0.29, 0.717) is 13.2 Å². The molecule has 0 spiro atoms. The average Bonchev–Trinajstić information content (AvgIpc) is 2.40. The second kappa shape index (κ2) is 6.52. The predicted molar refractivity (Wildman–Crippen MR) is 67.9 cm³/mol. The van der Waals surface area contributed by atoms with E-state index in [1.165, 1.54) is 0 Å². The van der Waals surface area contributed by atoms with Gasteiger partial charge in [0.2, 0.25) is 5.91 Å². The van der Waals surface area contributed by atoms with Crippen molar-refractivity contribution in [2.75, 3.05) is 19.7 Å². The number of carbonyl (C=O) groups is 1. The number of β-amino-alcohol motifs (C(OH)–C–C–N with tert-alkyl or cyclic N) is 1. The Hall–Kier alpha value is -1.39. The van der Waals surface area contributed by atoms with Crippen molar-refractivity contribution in [2.45, 2.75) is 25.6 Å². The van der Waals surface area contributed by atoms with Gasteiger partial charge in [-0.1, -0.05) is 30.3 Å². The fraction of sp³-hybridized carbons (Fsp3) is 0.500. The highest BCUT2D eigenvalue weighted by molar-refractivity contribution is 5.77. The number of benzene rings is 1. The molecule has 0 bridgehead atoms. The molecule has 0 saturated carbocycles. The monoisotopic (exact) mass is 249 g/mol. The first kappa shape index (κ1) is 13.1. The van der Waals surface area contributed by atoms with Crippen LogP contribution in [0.1, 0.15) is 18.4 Å². The molecular formula is C14H19NO3. The Balaban J connectivity index is 1.71. The van der Waals surface area contributed by atoms with Crippen molar-refractivity contribution in [2.24, 2.45) is 0 Å². The van der Waals surface area contributed by atoms with Crippen LogP contribution in [0.15, 0.2) is 30.3 Å². The minimum absolute atomic E-state index is 0.0373. The number of hydrogen-bond donors (Lipinski definition) is 1. The SMILES string of the molecule is O=C(COCc1ccccc1)N1CCCC(O)C1. The van der Waals surface area contributed by atoms with Gasteiger partial charge < -0.3 is 14.7 Å². The molecule has 1 heterocycles. The summed E-state index contributed by atoms with van der Waals surface area (Å²) in [5.41, 5.74) is 1.06. The van der Waals surface area contributed by atoms with Crippen molar-refractivity contribution in [3.63, 3.8) is 0 Å². The highest BCUT2D eigenvalue weighted by atomic mass is 16.5. The maximum Gasteiger partial charge on any atom is 0.248 e. The summed E-state index contributed by atoms with van der Waals surface area (Å²) in [7, 11) is 0. The van der Waals surface area contributed by atoms with E-state index >= 15 is 0 Å². The van der Waals surface area contributed by atoms with Crippen LogP contribution in [0.2, 0.25) is 0 Å². The van der Waals surface area contributed by atoms with Gasteiger partial charge in [-0.15, -0.1) is 0 Å². The number of nitrogens with zero attached hydrogens (tertiary/aromatic N) is 1. The van der Waals surface area contributed by atoms with Crippen molar-refractivity contribution in [1.29, 1.82) is 0 Å². The van der Waals surface area contributed by atoms with Crippen molar-refractivity contribution < 1.29 is 14.6 Å². The third-order valence-corrected chi connectivity index (χ3v) is 3.09. The lowest BCUT2D eigenvalue weighted by Crippen LogP contribution is -2.43. The lowest BCUT2D eigenvalue weighted by molar-refractivity contribution is -0.139. The molecule has 4 heteroatoms. The summed E-state index contributed by atoms with van der Waals surface area (Å²) in [6.07, 6.45) is 1.28. The van der Waals surface area contributed by atoms with Crippen LogP contribution < -0.4 is 0 Å². The second-order valence-electron chi connectivity index (χ2n) is 4.61. The van der Waals surface area contributed by atoms with E-state index in [4.69, 9.17) is 4.74 Å². The molecule has 1 aromatic carbocycles. The van der Waals surface area contributed by atoms with Crippen molar-refractivity contribution in [3.05, 3.63) is 35.9 Å². The largest absolute Gasteiger partial charge is 0.391 e. The number of aliphatic hydroxyl groups is 1. The smallest absolute Gasteiger partial charge is 0.248 e. The zero-order valence-electron chi connectivity index (χ0n) is 10.4. The minimum Gasteiger partial charge on any atom is -0.391 e. The quantitative estimate of drug-likeness (QED) is 0.872. The number of aliphatic hydroxyl groups excluding tert-OH is 1. The average molecular weight is 249 g/mol. The molecule has 1 atom stereocenters. The minimum atomic E-state index is -0.378. The molecule has 0 aliphatic carbocycles. The Morgan fingerprint density at radius 2 is 2.17 bits per heavy atom. The number of carbonyl (C=O) groups excluding carboxylic acids is 1. The summed E-state index contributed by atoms with van der Waals surface area (Å²) < 4.78 is 5.40. The number of rotatable bonds is 4. The zero-order valence-corrected chi connectivity index (χ0v) is 10.4. The maximum atomic E-state index is 11.8. The molecule has 0 radical (unpaired) electrons. The summed E-state index contributed by atoms with van der Waals surface area (Å²) in [5, 5.41) is 9.50. The number of ether oxygens (including phenoxy) is 1. The topological polar surface area (TPSA) is 49.8 Å². The normalized spacial score (nSPS) is 19.8. The fourth-order valence-corrected chi connectivity index (χ4v) is 2.10. The van der Waals surface area contributed by atoms with Gasteiger partial charge in [-0.3, -0.25) is 4.79 Å². The molecular weight excluding hydrogens is 230 g/mol. The highest BCUT2D eigenvalue weighted by Gasteiger charge is 2.21. The lowest BCUT2D eigenvalue weighted by atomic mass is 10.1. The highest BCUT2D eigenvalue weighted by Crippen LogP contribution is 2.10. The zero-order chi connectivity index (χ0) is 12.8. The summed E-state index contributed by atoms with van der Waals surface area (Å²) in [6, 6.07) is 9.77. The molecule has 1 aromatic rings.